The molecule has 1 aromatic carbocycles. The van der Waals surface area contributed by atoms with E-state index in [-0.39, 0.29) is 17.3 Å². The average molecular weight is 285 g/mol. The second-order valence-corrected chi connectivity index (χ2v) is 5.72. The standard InChI is InChI=1S/C12H19N3O3S/c1-3-8-14-10-4-6-11(7-5-10)19(17,18)15-9-12(16)13-2/h4-7,14-15H,3,8-9H2,1-2H3,(H,13,16). The fourth-order valence-electron chi connectivity index (χ4n) is 1.35. The van der Waals surface area contributed by atoms with Gasteiger partial charge in [-0.25, -0.2) is 13.1 Å². The minimum atomic E-state index is -3.64. The minimum absolute atomic E-state index is 0.137. The Bertz CT molecular complexity index is 512. The van der Waals surface area contributed by atoms with Crippen LogP contribution >= 0.6 is 0 Å². The molecule has 1 aromatic rings. The SMILES string of the molecule is CCCNc1ccc(S(=O)(=O)NCC(=O)NC)cc1. The van der Waals surface area contributed by atoms with E-state index in [1.807, 2.05) is 0 Å². The number of benzene rings is 1. The summed E-state index contributed by atoms with van der Waals surface area (Å²) in [5.41, 5.74) is 0.868. The van der Waals surface area contributed by atoms with E-state index in [1.54, 1.807) is 12.1 Å². The van der Waals surface area contributed by atoms with Gasteiger partial charge in [0.2, 0.25) is 15.9 Å². The number of sulfonamides is 1. The highest BCUT2D eigenvalue weighted by molar-refractivity contribution is 7.89. The maximum atomic E-state index is 11.9. The first-order valence-electron chi connectivity index (χ1n) is 6.03. The topological polar surface area (TPSA) is 87.3 Å². The fraction of sp³-hybridized carbons (Fsp3) is 0.417. The van der Waals surface area contributed by atoms with Crippen molar-refractivity contribution in [1.29, 1.82) is 0 Å². The average Bonchev–Trinajstić information content (AvgIpc) is 2.43. The molecule has 0 saturated carbocycles. The van der Waals surface area contributed by atoms with Crippen molar-refractivity contribution in [2.75, 3.05) is 25.5 Å². The summed E-state index contributed by atoms with van der Waals surface area (Å²) in [4.78, 5) is 11.2. The van der Waals surface area contributed by atoms with Crippen LogP contribution in [0.1, 0.15) is 13.3 Å². The zero-order valence-electron chi connectivity index (χ0n) is 11.1. The van der Waals surface area contributed by atoms with Crippen LogP contribution in [0.2, 0.25) is 0 Å². The van der Waals surface area contributed by atoms with E-state index in [9.17, 15) is 13.2 Å². The third-order valence-corrected chi connectivity index (χ3v) is 3.86. The van der Waals surface area contributed by atoms with Crippen LogP contribution in [-0.4, -0.2) is 34.5 Å². The number of amides is 1. The van der Waals surface area contributed by atoms with Crippen molar-refractivity contribution in [3.05, 3.63) is 24.3 Å². The van der Waals surface area contributed by atoms with Crippen molar-refractivity contribution < 1.29 is 13.2 Å². The van der Waals surface area contributed by atoms with E-state index in [1.165, 1.54) is 19.2 Å². The van der Waals surface area contributed by atoms with Gasteiger partial charge in [-0.05, 0) is 30.7 Å². The molecule has 0 fully saturated rings. The molecule has 0 aromatic heterocycles. The summed E-state index contributed by atoms with van der Waals surface area (Å²) in [6.45, 7) is 2.62. The van der Waals surface area contributed by atoms with E-state index in [2.05, 4.69) is 22.3 Å². The zero-order chi connectivity index (χ0) is 14.3. The third kappa shape index (κ3) is 4.88. The van der Waals surface area contributed by atoms with Gasteiger partial charge < -0.3 is 10.6 Å². The van der Waals surface area contributed by atoms with Crippen LogP contribution in [0.15, 0.2) is 29.2 Å². The molecule has 3 N–H and O–H groups in total. The summed E-state index contributed by atoms with van der Waals surface area (Å²) in [6.07, 6.45) is 0.994. The molecule has 0 saturated heterocycles. The molecule has 106 valence electrons. The van der Waals surface area contributed by atoms with Gasteiger partial charge in [-0.1, -0.05) is 6.92 Å². The van der Waals surface area contributed by atoms with Crippen LogP contribution < -0.4 is 15.4 Å². The number of nitrogens with one attached hydrogen (secondary N) is 3. The van der Waals surface area contributed by atoms with Crippen molar-refractivity contribution in [3.63, 3.8) is 0 Å². The highest BCUT2D eigenvalue weighted by Crippen LogP contribution is 2.13. The van der Waals surface area contributed by atoms with E-state index >= 15 is 0 Å². The highest BCUT2D eigenvalue weighted by Gasteiger charge is 2.14. The summed E-state index contributed by atoms with van der Waals surface area (Å²) in [5, 5.41) is 5.50. The van der Waals surface area contributed by atoms with E-state index in [4.69, 9.17) is 0 Å². The van der Waals surface area contributed by atoms with Gasteiger partial charge in [0, 0.05) is 19.3 Å². The molecule has 0 aliphatic rings. The Labute approximate surface area is 113 Å². The molecule has 0 spiro atoms. The number of anilines is 1. The van der Waals surface area contributed by atoms with Gasteiger partial charge in [0.05, 0.1) is 11.4 Å². The highest BCUT2D eigenvalue weighted by atomic mass is 32.2. The summed E-state index contributed by atoms with van der Waals surface area (Å²) < 4.78 is 26.0. The Morgan fingerprint density at radius 3 is 2.37 bits per heavy atom. The van der Waals surface area contributed by atoms with Gasteiger partial charge in [0.15, 0.2) is 0 Å². The summed E-state index contributed by atoms with van der Waals surface area (Å²) in [5.74, 6) is -0.384. The van der Waals surface area contributed by atoms with E-state index < -0.39 is 10.0 Å². The molecule has 19 heavy (non-hydrogen) atoms. The van der Waals surface area contributed by atoms with Crippen molar-refractivity contribution in [1.82, 2.24) is 10.0 Å². The minimum Gasteiger partial charge on any atom is -0.385 e. The van der Waals surface area contributed by atoms with Gasteiger partial charge >= 0.3 is 0 Å². The van der Waals surface area contributed by atoms with Crippen LogP contribution in [0.4, 0.5) is 5.69 Å². The van der Waals surface area contributed by atoms with Crippen molar-refractivity contribution in [2.45, 2.75) is 18.2 Å². The third-order valence-electron chi connectivity index (χ3n) is 2.45. The number of hydrogen-bond donors (Lipinski definition) is 3. The lowest BCUT2D eigenvalue weighted by Gasteiger charge is -2.08. The molecule has 1 rings (SSSR count). The molecular weight excluding hydrogens is 266 g/mol. The molecule has 7 heteroatoms. The normalized spacial score (nSPS) is 11.1. The fourth-order valence-corrected chi connectivity index (χ4v) is 2.34. The Morgan fingerprint density at radius 1 is 1.21 bits per heavy atom. The van der Waals surface area contributed by atoms with Gasteiger partial charge in [-0.15, -0.1) is 0 Å². The van der Waals surface area contributed by atoms with E-state index in [0.29, 0.717) is 0 Å². The second kappa shape index (κ2) is 7.10. The first kappa shape index (κ1) is 15.5. The molecule has 0 unspecified atom stereocenters. The van der Waals surface area contributed by atoms with Crippen LogP contribution in [0, 0.1) is 0 Å². The maximum Gasteiger partial charge on any atom is 0.241 e. The van der Waals surface area contributed by atoms with Gasteiger partial charge in [-0.3, -0.25) is 4.79 Å². The van der Waals surface area contributed by atoms with Gasteiger partial charge in [-0.2, -0.15) is 0 Å². The molecule has 0 aliphatic carbocycles. The van der Waals surface area contributed by atoms with Crippen LogP contribution in [0.3, 0.4) is 0 Å². The quantitative estimate of drug-likeness (QED) is 0.682. The Kier molecular flexibility index (Phi) is 5.78. The second-order valence-electron chi connectivity index (χ2n) is 3.95. The predicted molar refractivity (Wildman–Crippen MR) is 74.5 cm³/mol. The summed E-state index contributed by atoms with van der Waals surface area (Å²) in [7, 11) is -2.19. The maximum absolute atomic E-state index is 11.9. The van der Waals surface area contributed by atoms with Gasteiger partial charge in [0.25, 0.3) is 0 Å². The molecular formula is C12H19N3O3S. The molecule has 1 amide bonds. The van der Waals surface area contributed by atoms with Crippen molar-refractivity contribution in [3.8, 4) is 0 Å². The number of carbonyl (C=O) groups excluding carboxylic acids is 1. The number of hydrogen-bond acceptors (Lipinski definition) is 4. The Morgan fingerprint density at radius 2 is 1.84 bits per heavy atom. The van der Waals surface area contributed by atoms with Crippen LogP contribution in [0.5, 0.6) is 0 Å². The monoisotopic (exact) mass is 285 g/mol. The first-order chi connectivity index (χ1) is 8.99. The van der Waals surface area contributed by atoms with Crippen LogP contribution in [-0.2, 0) is 14.8 Å². The van der Waals surface area contributed by atoms with E-state index in [0.717, 1.165) is 18.7 Å². The van der Waals surface area contributed by atoms with Crippen molar-refractivity contribution in [2.24, 2.45) is 0 Å². The number of likely N-dealkylation sites (N-methyl/N-ethyl adjacent to an activating group) is 1. The molecule has 6 nitrogen and oxygen atoms in total. The Hall–Kier alpha value is -1.60. The number of carbonyl (C=O) groups is 1. The molecule has 0 heterocycles. The zero-order valence-corrected chi connectivity index (χ0v) is 11.9. The van der Waals surface area contributed by atoms with Crippen molar-refractivity contribution >= 4 is 21.6 Å². The molecule has 0 radical (unpaired) electrons. The Balaban J connectivity index is 2.70. The molecule has 0 aliphatic heterocycles. The summed E-state index contributed by atoms with van der Waals surface area (Å²) in [6, 6.07) is 6.41. The number of rotatable bonds is 7. The van der Waals surface area contributed by atoms with Crippen LogP contribution in [0.25, 0.3) is 0 Å². The largest absolute Gasteiger partial charge is 0.385 e. The summed E-state index contributed by atoms with van der Waals surface area (Å²) >= 11 is 0. The lowest BCUT2D eigenvalue weighted by Crippen LogP contribution is -2.35. The van der Waals surface area contributed by atoms with Gasteiger partial charge in [0.1, 0.15) is 0 Å². The first-order valence-corrected chi connectivity index (χ1v) is 7.52. The predicted octanol–water partition coefficient (Wildman–Crippen LogP) is 0.533. The lowest BCUT2D eigenvalue weighted by atomic mass is 10.3. The molecule has 0 atom stereocenters. The lowest BCUT2D eigenvalue weighted by molar-refractivity contribution is -0.119. The molecule has 0 bridgehead atoms. The smallest absolute Gasteiger partial charge is 0.241 e.